The Labute approximate surface area is 356 Å². The van der Waals surface area contributed by atoms with Gasteiger partial charge in [0, 0.05) is 61.0 Å². The van der Waals surface area contributed by atoms with Crippen LogP contribution in [0.5, 0.6) is 17.2 Å². The van der Waals surface area contributed by atoms with Crippen molar-refractivity contribution in [3.63, 3.8) is 0 Å². The zero-order valence-electron chi connectivity index (χ0n) is 32.1. The Bertz CT molecular complexity index is 3160. The number of ether oxygens (including phenoxy) is 1. The van der Waals surface area contributed by atoms with E-state index >= 15 is 0 Å². The second-order valence-electron chi connectivity index (χ2n) is 14.5. The van der Waals surface area contributed by atoms with Gasteiger partial charge in [-0.3, -0.25) is 4.57 Å². The van der Waals surface area contributed by atoms with Crippen LogP contribution in [0.3, 0.4) is 0 Å². The van der Waals surface area contributed by atoms with Gasteiger partial charge in [-0.15, -0.1) is 30.3 Å². The number of para-hydroxylation sites is 5. The van der Waals surface area contributed by atoms with Crippen LogP contribution >= 0.6 is 0 Å². The average molecular weight is 943 g/mol. The Balaban J connectivity index is 0.00000420. The number of rotatable bonds is 7. The Kier molecular flexibility index (Phi) is 9.15. The van der Waals surface area contributed by atoms with E-state index in [-0.39, 0.29) is 21.1 Å². The molecule has 0 N–H and O–H groups in total. The van der Waals surface area contributed by atoms with E-state index in [2.05, 4.69) is 166 Å². The molecule has 9 heteroatoms. The van der Waals surface area contributed by atoms with E-state index in [4.69, 9.17) is 14.4 Å². The predicted molar refractivity (Wildman–Crippen MR) is 230 cm³/mol. The molecule has 0 saturated carbocycles. The van der Waals surface area contributed by atoms with Gasteiger partial charge >= 0.3 is 7.05 Å². The fourth-order valence-electron chi connectivity index (χ4n) is 8.40. The fourth-order valence-corrected chi connectivity index (χ4v) is 8.40. The molecular weight excluding hydrogens is 908 g/mol. The van der Waals surface area contributed by atoms with Crippen LogP contribution in [0.2, 0.25) is 0 Å². The Morgan fingerprint density at radius 2 is 1.36 bits per heavy atom. The molecule has 0 atom stereocenters. The van der Waals surface area contributed by atoms with Crippen molar-refractivity contribution in [2.45, 2.75) is 13.8 Å². The first-order valence-electron chi connectivity index (χ1n) is 19.3. The van der Waals surface area contributed by atoms with Gasteiger partial charge in [0.05, 0.1) is 27.8 Å². The van der Waals surface area contributed by atoms with Crippen molar-refractivity contribution in [1.82, 2.24) is 14.1 Å². The standard InChI is InChI=1S/C50H34BN5O2.Pt/c1-34-15-12-16-35(2)49(34)51-56(48-27-10-11-30-52-48)46-32-39(28-29-47(46)58-51)57-38-20-13-19-37(31-38)53-33-54(44-25-9-8-24-43(44)53)45-26-14-22-41-40-21-6-7-23-42(40)55(50(41)45)36-17-4-3-5-18-36;/h3-30H,1-2H3;/q-2;. The van der Waals surface area contributed by atoms with Gasteiger partial charge < -0.3 is 23.3 Å². The van der Waals surface area contributed by atoms with Gasteiger partial charge in [0.2, 0.25) is 0 Å². The molecule has 0 aliphatic carbocycles. The molecule has 0 saturated heterocycles. The summed E-state index contributed by atoms with van der Waals surface area (Å²) >= 11 is 0. The predicted octanol–water partition coefficient (Wildman–Crippen LogP) is 10.1. The number of anilines is 2. The largest absolute Gasteiger partial charge is 0.599 e. The maximum atomic E-state index is 6.64. The van der Waals surface area contributed by atoms with E-state index in [1.54, 1.807) is 6.20 Å². The smallest absolute Gasteiger partial charge is 0.511 e. The molecule has 0 fully saturated rings. The number of imidazole rings is 1. The number of hydrogen-bond acceptors (Lipinski definition) is 4. The molecule has 0 radical (unpaired) electrons. The van der Waals surface area contributed by atoms with Crippen molar-refractivity contribution in [3.05, 3.63) is 200 Å². The number of pyridine rings is 1. The molecule has 10 aromatic rings. The van der Waals surface area contributed by atoms with E-state index in [1.165, 1.54) is 10.8 Å². The molecule has 0 bridgehead atoms. The van der Waals surface area contributed by atoms with Crippen LogP contribution in [0.25, 0.3) is 49.9 Å². The third-order valence-corrected chi connectivity index (χ3v) is 11.0. The Hall–Kier alpha value is -6.89. The first-order chi connectivity index (χ1) is 28.6. The minimum Gasteiger partial charge on any atom is -0.599 e. The average Bonchev–Trinajstić information content (AvgIpc) is 3.94. The molecular formula is C50H34BN5O2Pt-2. The molecule has 0 unspecified atom stereocenters. The van der Waals surface area contributed by atoms with E-state index in [1.807, 2.05) is 48.5 Å². The minimum atomic E-state index is -0.406. The summed E-state index contributed by atoms with van der Waals surface area (Å²) in [7, 11) is -0.406. The third kappa shape index (κ3) is 6.10. The van der Waals surface area contributed by atoms with Crippen LogP contribution in [-0.2, 0) is 21.1 Å². The number of fused-ring (bicyclic) bond motifs is 5. The summed E-state index contributed by atoms with van der Waals surface area (Å²) < 4.78 is 19.7. The molecule has 286 valence electrons. The molecule has 4 heterocycles. The second kappa shape index (κ2) is 14.8. The van der Waals surface area contributed by atoms with Crippen LogP contribution in [0.4, 0.5) is 11.5 Å². The summed E-state index contributed by atoms with van der Waals surface area (Å²) in [4.78, 5) is 6.81. The number of nitrogens with zero attached hydrogens (tertiary/aromatic N) is 5. The summed E-state index contributed by atoms with van der Waals surface area (Å²) in [5, 5.41) is 2.37. The zero-order valence-corrected chi connectivity index (χ0v) is 34.4. The first kappa shape index (κ1) is 36.5. The van der Waals surface area contributed by atoms with Gasteiger partial charge in [0.1, 0.15) is 5.82 Å². The van der Waals surface area contributed by atoms with Gasteiger partial charge in [-0.2, -0.15) is 12.1 Å². The minimum absolute atomic E-state index is 0. The fraction of sp³-hybridized carbons (Fsp3) is 0.0400. The molecule has 1 aliphatic heterocycles. The van der Waals surface area contributed by atoms with Gasteiger partial charge in [-0.25, -0.2) is 4.98 Å². The Morgan fingerprint density at radius 1 is 0.644 bits per heavy atom. The number of benzene rings is 7. The SMILES string of the molecule is Cc1cccc(C)c1B1Oc2ccc(Oc3[c-]c(-n4[c-][n+](-c5cccc6c7ccccc7n(-c7ccccc7)c56)c5ccccc54)ccc3)[c-]c2N1c1ccccn1.[Pt]. The van der Waals surface area contributed by atoms with Crippen molar-refractivity contribution >= 4 is 56.9 Å². The molecule has 7 nitrogen and oxygen atoms in total. The maximum Gasteiger partial charge on any atom is 0.511 e. The summed E-state index contributed by atoms with van der Waals surface area (Å²) in [5.41, 5.74) is 11.3. The van der Waals surface area contributed by atoms with Gasteiger partial charge in [-0.05, 0) is 67.1 Å². The molecule has 1 aliphatic rings. The van der Waals surface area contributed by atoms with Crippen molar-refractivity contribution in [3.8, 4) is 34.3 Å². The summed E-state index contributed by atoms with van der Waals surface area (Å²) in [6.07, 6.45) is 5.51. The van der Waals surface area contributed by atoms with Crippen LogP contribution in [0.15, 0.2) is 170 Å². The third-order valence-electron chi connectivity index (χ3n) is 11.0. The topological polar surface area (TPSA) is 48.3 Å². The maximum absolute atomic E-state index is 6.64. The Morgan fingerprint density at radius 3 is 2.19 bits per heavy atom. The number of aromatic nitrogens is 4. The summed E-state index contributed by atoms with van der Waals surface area (Å²) in [6.45, 7) is 4.23. The molecule has 59 heavy (non-hydrogen) atoms. The first-order valence-corrected chi connectivity index (χ1v) is 19.3. The normalized spacial score (nSPS) is 12.2. The van der Waals surface area contributed by atoms with E-state index < -0.39 is 7.05 Å². The summed E-state index contributed by atoms with van der Waals surface area (Å²) in [5.74, 6) is 2.56. The summed E-state index contributed by atoms with van der Waals surface area (Å²) in [6, 6.07) is 63.0. The number of hydrogen-bond donors (Lipinski definition) is 0. The van der Waals surface area contributed by atoms with Gasteiger partial charge in [0.25, 0.3) is 6.33 Å². The van der Waals surface area contributed by atoms with Crippen LogP contribution < -0.4 is 24.2 Å². The van der Waals surface area contributed by atoms with Crippen molar-refractivity contribution in [2.24, 2.45) is 0 Å². The molecule has 0 amide bonds. The van der Waals surface area contributed by atoms with Gasteiger partial charge in [0.15, 0.2) is 0 Å². The zero-order chi connectivity index (χ0) is 38.7. The van der Waals surface area contributed by atoms with Crippen molar-refractivity contribution in [2.75, 3.05) is 4.81 Å². The van der Waals surface area contributed by atoms with Crippen LogP contribution in [-0.4, -0.2) is 21.2 Å². The van der Waals surface area contributed by atoms with Crippen molar-refractivity contribution in [1.29, 1.82) is 0 Å². The van der Waals surface area contributed by atoms with E-state index in [0.717, 1.165) is 67.2 Å². The van der Waals surface area contributed by atoms with Crippen LogP contribution in [0, 0.1) is 32.3 Å². The molecule has 0 spiro atoms. The van der Waals surface area contributed by atoms with Crippen molar-refractivity contribution < 1.29 is 35.0 Å². The second-order valence-corrected chi connectivity index (χ2v) is 14.5. The monoisotopic (exact) mass is 942 g/mol. The molecule has 3 aromatic heterocycles. The van der Waals surface area contributed by atoms with Crippen LogP contribution in [0.1, 0.15) is 11.1 Å². The molecule has 7 aromatic carbocycles. The van der Waals surface area contributed by atoms with E-state index in [9.17, 15) is 0 Å². The quantitative estimate of drug-likeness (QED) is 0.0908. The van der Waals surface area contributed by atoms with Gasteiger partial charge in [-0.1, -0.05) is 108 Å². The van der Waals surface area contributed by atoms with E-state index in [0.29, 0.717) is 17.2 Å². The number of aryl methyl sites for hydroxylation is 2. The molecule has 11 rings (SSSR count).